The number of halogens is 4. The Morgan fingerprint density at radius 1 is 1.34 bits per heavy atom. The fourth-order valence-corrected chi connectivity index (χ4v) is 4.42. The van der Waals surface area contributed by atoms with Crippen LogP contribution in [0, 0.1) is 5.82 Å². The standard InChI is InChI=1S/C20H26ClF3N2O3/c1-4-28-18(27)20(23,24)29-15-10-9-14(17(22)16(15)21)26-11-19(2,3)25-12-7-5-6-8-13(12)26/h9-10,12-13,25H,4-8,11H2,1-3H3/t12-,13-/m1/s1. The van der Waals surface area contributed by atoms with Crippen molar-refractivity contribution in [3.05, 3.63) is 23.0 Å². The predicted molar refractivity (Wildman–Crippen MR) is 104 cm³/mol. The molecule has 29 heavy (non-hydrogen) atoms. The van der Waals surface area contributed by atoms with Gasteiger partial charge in [0.1, 0.15) is 10.8 Å². The molecule has 2 fully saturated rings. The number of anilines is 1. The number of carbonyl (C=O) groups excluding carboxylic acids is 1. The van der Waals surface area contributed by atoms with Gasteiger partial charge in [0.25, 0.3) is 0 Å². The van der Waals surface area contributed by atoms with Crippen molar-refractivity contribution < 1.29 is 27.4 Å². The number of carbonyl (C=O) groups is 1. The molecule has 0 unspecified atom stereocenters. The summed E-state index contributed by atoms with van der Waals surface area (Å²) in [5, 5.41) is 3.04. The second-order valence-corrected chi connectivity index (χ2v) is 8.54. The first kappa shape index (κ1) is 22.0. The van der Waals surface area contributed by atoms with Crippen LogP contribution in [-0.2, 0) is 9.53 Å². The fourth-order valence-electron chi connectivity index (χ4n) is 4.22. The van der Waals surface area contributed by atoms with Gasteiger partial charge in [-0.3, -0.25) is 0 Å². The lowest BCUT2D eigenvalue weighted by atomic mass is 9.83. The molecule has 1 saturated heterocycles. The molecular formula is C20H26ClF3N2O3. The van der Waals surface area contributed by atoms with Crippen molar-refractivity contribution in [2.45, 2.75) is 70.2 Å². The van der Waals surface area contributed by atoms with E-state index in [2.05, 4.69) is 14.8 Å². The lowest BCUT2D eigenvalue weighted by Gasteiger charge is -2.52. The molecule has 1 aromatic rings. The number of esters is 1. The van der Waals surface area contributed by atoms with E-state index in [0.29, 0.717) is 6.54 Å². The lowest BCUT2D eigenvalue weighted by molar-refractivity contribution is -0.216. The number of fused-ring (bicyclic) bond motifs is 1. The average molecular weight is 435 g/mol. The monoisotopic (exact) mass is 434 g/mol. The minimum atomic E-state index is -4.26. The minimum absolute atomic E-state index is 0.0927. The van der Waals surface area contributed by atoms with Crippen LogP contribution in [0.4, 0.5) is 18.9 Å². The van der Waals surface area contributed by atoms with Crippen molar-refractivity contribution in [2.24, 2.45) is 0 Å². The molecule has 5 nitrogen and oxygen atoms in total. The van der Waals surface area contributed by atoms with Crippen molar-refractivity contribution in [3.63, 3.8) is 0 Å². The maximum Gasteiger partial charge on any atom is 0.502 e. The third kappa shape index (κ3) is 4.58. The van der Waals surface area contributed by atoms with Gasteiger partial charge < -0.3 is 19.7 Å². The van der Waals surface area contributed by atoms with Gasteiger partial charge in [-0.2, -0.15) is 8.78 Å². The Kier molecular flexibility index (Phi) is 6.24. The van der Waals surface area contributed by atoms with E-state index in [4.69, 9.17) is 11.6 Å². The fraction of sp³-hybridized carbons (Fsp3) is 0.650. The van der Waals surface area contributed by atoms with E-state index >= 15 is 4.39 Å². The zero-order valence-corrected chi connectivity index (χ0v) is 17.5. The van der Waals surface area contributed by atoms with Gasteiger partial charge in [0.05, 0.1) is 12.3 Å². The van der Waals surface area contributed by atoms with E-state index in [1.807, 2.05) is 18.7 Å². The number of nitrogens with one attached hydrogen (secondary N) is 1. The number of benzene rings is 1. The van der Waals surface area contributed by atoms with Crippen LogP contribution in [-0.4, -0.2) is 42.9 Å². The first-order valence-electron chi connectivity index (χ1n) is 9.82. The van der Waals surface area contributed by atoms with Crippen LogP contribution in [0.15, 0.2) is 12.1 Å². The Labute approximate surface area is 173 Å². The van der Waals surface area contributed by atoms with Gasteiger partial charge in [0.2, 0.25) is 0 Å². The molecule has 1 aromatic carbocycles. The number of alkyl halides is 2. The van der Waals surface area contributed by atoms with E-state index in [-0.39, 0.29) is 29.9 Å². The van der Waals surface area contributed by atoms with Crippen molar-refractivity contribution in [2.75, 3.05) is 18.1 Å². The molecule has 0 radical (unpaired) electrons. The molecule has 0 aromatic heterocycles. The van der Waals surface area contributed by atoms with Crippen LogP contribution in [0.1, 0.15) is 46.5 Å². The Balaban J connectivity index is 1.89. The highest BCUT2D eigenvalue weighted by atomic mass is 35.5. The molecule has 3 rings (SSSR count). The Morgan fingerprint density at radius 2 is 2.03 bits per heavy atom. The van der Waals surface area contributed by atoms with Gasteiger partial charge in [0.15, 0.2) is 5.82 Å². The molecule has 2 atom stereocenters. The Morgan fingerprint density at radius 3 is 2.72 bits per heavy atom. The third-order valence-corrected chi connectivity index (χ3v) is 5.71. The van der Waals surface area contributed by atoms with Crippen LogP contribution in [0.2, 0.25) is 5.02 Å². The number of ether oxygens (including phenoxy) is 2. The van der Waals surface area contributed by atoms with Gasteiger partial charge in [0, 0.05) is 24.2 Å². The van der Waals surface area contributed by atoms with Crippen LogP contribution < -0.4 is 15.0 Å². The van der Waals surface area contributed by atoms with Gasteiger partial charge in [-0.05, 0) is 45.7 Å². The van der Waals surface area contributed by atoms with Crippen molar-refractivity contribution >= 4 is 23.3 Å². The molecular weight excluding hydrogens is 409 g/mol. The summed E-state index contributed by atoms with van der Waals surface area (Å²) in [6.07, 6.45) is -0.213. The molecule has 1 heterocycles. The van der Waals surface area contributed by atoms with Crippen LogP contribution in [0.25, 0.3) is 0 Å². The molecule has 1 saturated carbocycles. The molecule has 1 aliphatic heterocycles. The number of hydrogen-bond acceptors (Lipinski definition) is 5. The summed E-state index contributed by atoms with van der Waals surface area (Å²) < 4.78 is 51.6. The molecule has 9 heteroatoms. The Bertz CT molecular complexity index is 776. The van der Waals surface area contributed by atoms with Gasteiger partial charge in [-0.1, -0.05) is 24.4 Å². The molecule has 0 spiro atoms. The summed E-state index contributed by atoms with van der Waals surface area (Å²) >= 11 is 6.02. The molecule has 0 bridgehead atoms. The number of nitrogens with zero attached hydrogens (tertiary/aromatic N) is 1. The summed E-state index contributed by atoms with van der Waals surface area (Å²) in [4.78, 5) is 13.3. The highest BCUT2D eigenvalue weighted by Crippen LogP contribution is 2.40. The normalized spacial score (nSPS) is 24.0. The molecule has 1 aliphatic carbocycles. The zero-order valence-electron chi connectivity index (χ0n) is 16.7. The smallest absolute Gasteiger partial charge is 0.459 e. The number of piperazine rings is 1. The van der Waals surface area contributed by atoms with Crippen LogP contribution in [0.5, 0.6) is 5.75 Å². The topological polar surface area (TPSA) is 50.8 Å². The van der Waals surface area contributed by atoms with Gasteiger partial charge in [-0.15, -0.1) is 0 Å². The van der Waals surface area contributed by atoms with Gasteiger partial charge in [-0.25, -0.2) is 9.18 Å². The van der Waals surface area contributed by atoms with Crippen LogP contribution >= 0.6 is 11.6 Å². The second kappa shape index (κ2) is 8.22. The van der Waals surface area contributed by atoms with E-state index in [1.165, 1.54) is 19.1 Å². The second-order valence-electron chi connectivity index (χ2n) is 8.16. The summed E-state index contributed by atoms with van der Waals surface area (Å²) in [5.74, 6) is -3.30. The quantitative estimate of drug-likeness (QED) is 0.691. The van der Waals surface area contributed by atoms with E-state index < -0.39 is 28.7 Å². The third-order valence-electron chi connectivity index (χ3n) is 5.36. The Hall–Kier alpha value is -1.67. The highest BCUT2D eigenvalue weighted by Gasteiger charge is 2.45. The maximum atomic E-state index is 15.1. The first-order valence-corrected chi connectivity index (χ1v) is 10.2. The summed E-state index contributed by atoms with van der Waals surface area (Å²) in [5.41, 5.74) is -0.00272. The molecule has 1 N–H and O–H groups in total. The SMILES string of the molecule is CCOC(=O)C(F)(F)Oc1ccc(N2CC(C)(C)N[C@@H]3CCCC[C@H]32)c(F)c1Cl. The molecule has 162 valence electrons. The highest BCUT2D eigenvalue weighted by molar-refractivity contribution is 6.32. The summed E-state index contributed by atoms with van der Waals surface area (Å²) in [6, 6.07) is 2.86. The number of rotatable bonds is 5. The van der Waals surface area contributed by atoms with E-state index in [9.17, 15) is 13.6 Å². The lowest BCUT2D eigenvalue weighted by Crippen LogP contribution is -2.67. The molecule has 0 amide bonds. The molecule has 2 aliphatic rings. The summed E-state index contributed by atoms with van der Waals surface area (Å²) in [6.45, 7) is 5.78. The van der Waals surface area contributed by atoms with Gasteiger partial charge >= 0.3 is 12.1 Å². The maximum absolute atomic E-state index is 15.1. The number of hydrogen-bond donors (Lipinski definition) is 1. The van der Waals surface area contributed by atoms with E-state index in [1.54, 1.807) is 0 Å². The van der Waals surface area contributed by atoms with Crippen molar-refractivity contribution in [1.82, 2.24) is 5.32 Å². The predicted octanol–water partition coefficient (Wildman–Crippen LogP) is 4.51. The van der Waals surface area contributed by atoms with Crippen molar-refractivity contribution in [1.29, 1.82) is 0 Å². The largest absolute Gasteiger partial charge is 0.502 e. The van der Waals surface area contributed by atoms with Crippen molar-refractivity contribution in [3.8, 4) is 5.75 Å². The minimum Gasteiger partial charge on any atom is -0.459 e. The first-order chi connectivity index (χ1) is 13.6. The zero-order chi connectivity index (χ0) is 21.4. The average Bonchev–Trinajstić information content (AvgIpc) is 2.64. The van der Waals surface area contributed by atoms with E-state index in [0.717, 1.165) is 25.7 Å². The van der Waals surface area contributed by atoms with Crippen LogP contribution in [0.3, 0.4) is 0 Å². The summed E-state index contributed by atoms with van der Waals surface area (Å²) in [7, 11) is 0.